The van der Waals surface area contributed by atoms with E-state index in [1.807, 2.05) is 4.90 Å². The van der Waals surface area contributed by atoms with Gasteiger partial charge in [0, 0.05) is 30.6 Å². The smallest absolute Gasteiger partial charge is 0.238 e. The lowest BCUT2D eigenvalue weighted by Crippen LogP contribution is -2.52. The summed E-state index contributed by atoms with van der Waals surface area (Å²) in [6.45, 7) is 1.87. The molecule has 1 aromatic rings. The van der Waals surface area contributed by atoms with Crippen LogP contribution < -0.4 is 5.32 Å². The van der Waals surface area contributed by atoms with Crippen molar-refractivity contribution in [3.05, 3.63) is 30.1 Å². The minimum absolute atomic E-state index is 0.0303. The number of carbonyl (C=O) groups is 2. The van der Waals surface area contributed by atoms with Crippen LogP contribution in [0.1, 0.15) is 19.3 Å². The first-order valence-electron chi connectivity index (χ1n) is 8.03. The molecule has 1 heterocycles. The molecule has 1 saturated heterocycles. The molecule has 23 heavy (non-hydrogen) atoms. The number of morpholine rings is 1. The van der Waals surface area contributed by atoms with Crippen molar-refractivity contribution in [3.63, 3.8) is 0 Å². The maximum atomic E-state index is 13.2. The first kappa shape index (κ1) is 16.1. The summed E-state index contributed by atoms with van der Waals surface area (Å²) in [5, 5.41) is 2.71. The van der Waals surface area contributed by atoms with Gasteiger partial charge >= 0.3 is 0 Å². The fraction of sp³-hybridized carbons (Fsp3) is 0.529. The topological polar surface area (TPSA) is 58.6 Å². The second-order valence-corrected chi connectivity index (χ2v) is 6.14. The van der Waals surface area contributed by atoms with Gasteiger partial charge in [0.2, 0.25) is 5.91 Å². The molecule has 0 spiro atoms. The molecule has 6 heteroatoms. The highest BCUT2D eigenvalue weighted by Crippen LogP contribution is 2.29. The van der Waals surface area contributed by atoms with Crippen LogP contribution in [0.2, 0.25) is 0 Å². The maximum absolute atomic E-state index is 13.2. The molecule has 0 radical (unpaired) electrons. The molecule has 1 N–H and O–H groups in total. The van der Waals surface area contributed by atoms with Crippen LogP contribution in [0.3, 0.4) is 0 Å². The highest BCUT2D eigenvalue weighted by Gasteiger charge is 2.37. The van der Waals surface area contributed by atoms with Crippen molar-refractivity contribution in [1.82, 2.24) is 4.90 Å². The van der Waals surface area contributed by atoms with Crippen LogP contribution >= 0.6 is 0 Å². The van der Waals surface area contributed by atoms with Gasteiger partial charge in [-0.3, -0.25) is 14.5 Å². The standard InChI is InChI=1S/C17H21FN2O3/c18-12-3-1-4-13(9-12)19-17(22)10-20-7-8-23-11-15(20)14-5-2-6-16(14)21/h1,3-4,9,14-15H,2,5-8,10-11H2,(H,19,22)/t14-,15-/m1/s1. The van der Waals surface area contributed by atoms with Gasteiger partial charge in [-0.05, 0) is 31.0 Å². The van der Waals surface area contributed by atoms with Crippen LogP contribution in [-0.2, 0) is 14.3 Å². The second kappa shape index (κ2) is 7.19. The Morgan fingerprint density at radius 1 is 1.43 bits per heavy atom. The molecule has 2 aliphatic rings. The number of carbonyl (C=O) groups excluding carboxylic acids is 2. The maximum Gasteiger partial charge on any atom is 0.238 e. The molecule has 1 aliphatic heterocycles. The first-order chi connectivity index (χ1) is 11.1. The predicted molar refractivity (Wildman–Crippen MR) is 83.6 cm³/mol. The highest BCUT2D eigenvalue weighted by atomic mass is 19.1. The minimum Gasteiger partial charge on any atom is -0.378 e. The third kappa shape index (κ3) is 3.95. The number of hydrogen-bond donors (Lipinski definition) is 1. The van der Waals surface area contributed by atoms with Crippen molar-refractivity contribution >= 4 is 17.4 Å². The van der Waals surface area contributed by atoms with Crippen molar-refractivity contribution in [3.8, 4) is 0 Å². The molecule has 1 aromatic carbocycles. The van der Waals surface area contributed by atoms with Crippen LogP contribution in [0.5, 0.6) is 0 Å². The fourth-order valence-corrected chi connectivity index (χ4v) is 3.42. The molecular formula is C17H21FN2O3. The average Bonchev–Trinajstić information content (AvgIpc) is 2.94. The number of benzene rings is 1. The van der Waals surface area contributed by atoms with Crippen LogP contribution in [0.15, 0.2) is 24.3 Å². The number of Topliss-reactive ketones (excluding diaryl/α,β-unsaturated/α-hetero) is 1. The zero-order chi connectivity index (χ0) is 16.2. The van der Waals surface area contributed by atoms with E-state index in [0.29, 0.717) is 31.9 Å². The van der Waals surface area contributed by atoms with Gasteiger partial charge in [-0.2, -0.15) is 0 Å². The number of nitrogens with one attached hydrogen (secondary N) is 1. The van der Waals surface area contributed by atoms with Crippen molar-refractivity contribution < 1.29 is 18.7 Å². The van der Waals surface area contributed by atoms with E-state index < -0.39 is 0 Å². The van der Waals surface area contributed by atoms with Gasteiger partial charge in [-0.25, -0.2) is 4.39 Å². The quantitative estimate of drug-likeness (QED) is 0.919. The number of rotatable bonds is 4. The number of ketones is 1. The lowest BCUT2D eigenvalue weighted by molar-refractivity contribution is -0.128. The number of hydrogen-bond acceptors (Lipinski definition) is 4. The minimum atomic E-state index is -0.386. The molecule has 3 rings (SSSR count). The van der Waals surface area contributed by atoms with Gasteiger partial charge in [-0.1, -0.05) is 6.07 Å². The number of ether oxygens (including phenoxy) is 1. The van der Waals surface area contributed by atoms with Gasteiger partial charge in [0.25, 0.3) is 0 Å². The van der Waals surface area contributed by atoms with E-state index in [4.69, 9.17) is 4.74 Å². The van der Waals surface area contributed by atoms with Crippen molar-refractivity contribution in [2.45, 2.75) is 25.3 Å². The number of nitrogens with zero attached hydrogens (tertiary/aromatic N) is 1. The number of anilines is 1. The molecule has 124 valence electrons. The summed E-state index contributed by atoms with van der Waals surface area (Å²) in [7, 11) is 0. The molecule has 1 aliphatic carbocycles. The summed E-state index contributed by atoms with van der Waals surface area (Å²) in [5.74, 6) is -0.343. The summed E-state index contributed by atoms with van der Waals surface area (Å²) in [6, 6.07) is 5.80. The van der Waals surface area contributed by atoms with Gasteiger partial charge in [0.05, 0.1) is 19.8 Å². The Labute approximate surface area is 134 Å². The molecule has 0 unspecified atom stereocenters. The van der Waals surface area contributed by atoms with Crippen molar-refractivity contribution in [2.24, 2.45) is 5.92 Å². The Bertz CT molecular complexity index is 593. The predicted octanol–water partition coefficient (Wildman–Crippen LogP) is 1.83. The summed E-state index contributed by atoms with van der Waals surface area (Å²) < 4.78 is 18.7. The van der Waals surface area contributed by atoms with E-state index in [2.05, 4.69) is 5.32 Å². The molecule has 1 amide bonds. The van der Waals surface area contributed by atoms with Gasteiger partial charge in [0.15, 0.2) is 0 Å². The Kier molecular flexibility index (Phi) is 5.03. The fourth-order valence-electron chi connectivity index (χ4n) is 3.42. The largest absolute Gasteiger partial charge is 0.378 e. The van der Waals surface area contributed by atoms with Gasteiger partial charge in [-0.15, -0.1) is 0 Å². The molecule has 2 atom stereocenters. The zero-order valence-corrected chi connectivity index (χ0v) is 13.0. The summed E-state index contributed by atoms with van der Waals surface area (Å²) in [5.41, 5.74) is 0.441. The second-order valence-electron chi connectivity index (χ2n) is 6.14. The molecule has 0 bridgehead atoms. The normalized spacial score (nSPS) is 25.5. The van der Waals surface area contributed by atoms with Crippen molar-refractivity contribution in [1.29, 1.82) is 0 Å². The van der Waals surface area contributed by atoms with E-state index in [0.717, 1.165) is 12.8 Å². The summed E-state index contributed by atoms with van der Waals surface area (Å²) in [6.07, 6.45) is 2.42. The Hall–Kier alpha value is -1.79. The molecule has 1 saturated carbocycles. The highest BCUT2D eigenvalue weighted by molar-refractivity contribution is 5.92. The van der Waals surface area contributed by atoms with Gasteiger partial charge in [0.1, 0.15) is 11.6 Å². The van der Waals surface area contributed by atoms with E-state index >= 15 is 0 Å². The molecule has 2 fully saturated rings. The van der Waals surface area contributed by atoms with Gasteiger partial charge < -0.3 is 10.1 Å². The van der Waals surface area contributed by atoms with Crippen LogP contribution in [-0.4, -0.2) is 48.9 Å². The number of halogens is 1. The third-order valence-corrected chi connectivity index (χ3v) is 4.55. The third-order valence-electron chi connectivity index (χ3n) is 4.55. The SMILES string of the molecule is O=C(CN1CCOC[C@@H]1[C@H]1CCCC1=O)Nc1cccc(F)c1. The zero-order valence-electron chi connectivity index (χ0n) is 13.0. The van der Waals surface area contributed by atoms with Crippen LogP contribution in [0.4, 0.5) is 10.1 Å². The first-order valence-corrected chi connectivity index (χ1v) is 8.03. The Morgan fingerprint density at radius 2 is 2.30 bits per heavy atom. The lowest BCUT2D eigenvalue weighted by atomic mass is 9.95. The van der Waals surface area contributed by atoms with E-state index in [1.165, 1.54) is 12.1 Å². The molecular weight excluding hydrogens is 299 g/mol. The summed E-state index contributed by atoms with van der Waals surface area (Å²) >= 11 is 0. The summed E-state index contributed by atoms with van der Waals surface area (Å²) in [4.78, 5) is 26.3. The van der Waals surface area contributed by atoms with Crippen molar-refractivity contribution in [2.75, 3.05) is 31.6 Å². The van der Waals surface area contributed by atoms with Crippen LogP contribution in [0.25, 0.3) is 0 Å². The Balaban J connectivity index is 1.62. The van der Waals surface area contributed by atoms with E-state index in [1.54, 1.807) is 12.1 Å². The monoisotopic (exact) mass is 320 g/mol. The van der Waals surface area contributed by atoms with E-state index in [-0.39, 0.29) is 36.0 Å². The van der Waals surface area contributed by atoms with E-state index in [9.17, 15) is 14.0 Å². The van der Waals surface area contributed by atoms with Crippen LogP contribution in [0, 0.1) is 11.7 Å². The Morgan fingerprint density at radius 3 is 3.04 bits per heavy atom. The molecule has 5 nitrogen and oxygen atoms in total. The lowest BCUT2D eigenvalue weighted by Gasteiger charge is -2.37. The number of amides is 1. The molecule has 0 aromatic heterocycles. The average molecular weight is 320 g/mol.